The van der Waals surface area contributed by atoms with Crippen LogP contribution >= 0.6 is 23.4 Å². The van der Waals surface area contributed by atoms with E-state index in [9.17, 15) is 27.2 Å². The van der Waals surface area contributed by atoms with Crippen LogP contribution in [0.1, 0.15) is 12.5 Å². The number of amides is 1. The second-order valence-corrected chi connectivity index (χ2v) is 12.3. The molecule has 0 aliphatic heterocycles. The number of carbonyl (C=O) groups excluding carboxylic acids is 1. The topological polar surface area (TPSA) is 120 Å². The van der Waals surface area contributed by atoms with Crippen molar-refractivity contribution in [3.05, 3.63) is 110 Å². The number of aromatic nitrogens is 3. The molecule has 0 fully saturated rings. The predicted molar refractivity (Wildman–Crippen MR) is 151 cm³/mol. The molecule has 0 spiro atoms. The Kier molecular flexibility index (Phi) is 8.92. The molecule has 2 aromatic carbocycles. The van der Waals surface area contributed by atoms with Crippen LogP contribution in [0, 0.1) is 11.9 Å². The summed E-state index contributed by atoms with van der Waals surface area (Å²) in [6, 6.07) is 19.7. The molecule has 0 saturated heterocycles. The minimum Gasteiger partial charge on any atom is -0.289 e. The first-order valence-electron chi connectivity index (χ1n) is 11.9. The minimum absolute atomic E-state index is 0.0965. The van der Waals surface area contributed by atoms with Gasteiger partial charge < -0.3 is 0 Å². The molecule has 1 N–H and O–H groups in total. The summed E-state index contributed by atoms with van der Waals surface area (Å²) in [6.07, 6.45) is 0.843. The van der Waals surface area contributed by atoms with E-state index in [1.165, 1.54) is 35.4 Å². The van der Waals surface area contributed by atoms with Gasteiger partial charge in [0, 0.05) is 22.5 Å². The smallest absolute Gasteiger partial charge is 0.289 e. The highest BCUT2D eigenvalue weighted by molar-refractivity contribution is 7.99. The number of nitrogens with zero attached hydrogens (tertiary/aromatic N) is 3. The molecular weight excluding hydrogens is 579 g/mol. The molecule has 4 rings (SSSR count). The van der Waals surface area contributed by atoms with E-state index in [-0.39, 0.29) is 13.1 Å². The Labute approximate surface area is 238 Å². The molecular formula is C27H24ClFN4O5S2. The van der Waals surface area contributed by atoms with Gasteiger partial charge in [0.15, 0.2) is 0 Å². The van der Waals surface area contributed by atoms with E-state index in [0.717, 1.165) is 21.3 Å². The Balaban J connectivity index is 1.72. The molecule has 0 saturated carbocycles. The highest BCUT2D eigenvalue weighted by atomic mass is 35.5. The Bertz CT molecular complexity index is 1770. The number of rotatable bonds is 9. The zero-order chi connectivity index (χ0) is 29.0. The largest absolute Gasteiger partial charge is 0.331 e. The third kappa shape index (κ3) is 7.46. The molecule has 4 aromatic rings. The van der Waals surface area contributed by atoms with E-state index in [2.05, 4.69) is 4.98 Å². The van der Waals surface area contributed by atoms with Gasteiger partial charge >= 0.3 is 5.69 Å². The highest BCUT2D eigenvalue weighted by Crippen LogP contribution is 2.28. The molecule has 1 atom stereocenters. The van der Waals surface area contributed by atoms with Crippen molar-refractivity contribution in [2.75, 3.05) is 6.26 Å². The van der Waals surface area contributed by atoms with E-state index in [1.807, 2.05) is 4.72 Å². The minimum atomic E-state index is -3.81. The van der Waals surface area contributed by atoms with E-state index in [1.54, 1.807) is 60.7 Å². The van der Waals surface area contributed by atoms with Crippen molar-refractivity contribution in [2.45, 2.75) is 29.9 Å². The summed E-state index contributed by atoms with van der Waals surface area (Å²) in [5, 5.41) is 0.997. The molecule has 2 aromatic heterocycles. The molecule has 0 radical (unpaired) electrons. The number of hydrogen-bond donors (Lipinski definition) is 1. The summed E-state index contributed by atoms with van der Waals surface area (Å²) in [4.78, 5) is 43.7. The van der Waals surface area contributed by atoms with Crippen LogP contribution in [0.4, 0.5) is 4.39 Å². The van der Waals surface area contributed by atoms with Crippen molar-refractivity contribution in [3.8, 4) is 11.3 Å². The van der Waals surface area contributed by atoms with Gasteiger partial charge in [0.25, 0.3) is 5.56 Å². The summed E-state index contributed by atoms with van der Waals surface area (Å²) in [7, 11) is -3.81. The summed E-state index contributed by atoms with van der Waals surface area (Å²) in [5.74, 6) is -2.40. The van der Waals surface area contributed by atoms with Gasteiger partial charge in [-0.3, -0.25) is 23.4 Å². The van der Waals surface area contributed by atoms with Crippen LogP contribution in [0.3, 0.4) is 0 Å². The summed E-state index contributed by atoms with van der Waals surface area (Å²) in [5.41, 5.74) is 0.349. The third-order valence-electron chi connectivity index (χ3n) is 5.78. The standard InChI is InChI=1S/C27H24ClFN4O5S2/c1-17(26(35)31-40(2,37)38)15-33-25(34)14-22(32(27(33)36)16-18-6-10-20(28)11-7-18)19-8-12-21(13-9-19)39-24-5-3-4-23(29)30-24/h3-14,17H,15-16H2,1-2H3,(H,31,35). The first-order chi connectivity index (χ1) is 18.9. The van der Waals surface area contributed by atoms with Gasteiger partial charge in [-0.05, 0) is 47.5 Å². The maximum Gasteiger partial charge on any atom is 0.331 e. The van der Waals surface area contributed by atoms with Crippen molar-refractivity contribution in [1.82, 2.24) is 18.8 Å². The number of nitrogens with one attached hydrogen (secondary N) is 1. The number of hydrogen-bond acceptors (Lipinski definition) is 7. The summed E-state index contributed by atoms with van der Waals surface area (Å²) < 4.78 is 40.6. The first-order valence-corrected chi connectivity index (χ1v) is 15.0. The fraction of sp³-hybridized carbons (Fsp3) is 0.185. The summed E-state index contributed by atoms with van der Waals surface area (Å²) >= 11 is 7.27. The second-order valence-electron chi connectivity index (χ2n) is 9.04. The lowest BCUT2D eigenvalue weighted by Gasteiger charge is -2.18. The average Bonchev–Trinajstić information content (AvgIpc) is 2.88. The van der Waals surface area contributed by atoms with Crippen LogP contribution < -0.4 is 16.0 Å². The van der Waals surface area contributed by atoms with Gasteiger partial charge in [-0.2, -0.15) is 4.39 Å². The fourth-order valence-corrected chi connectivity index (χ4v) is 5.34. The lowest BCUT2D eigenvalue weighted by atomic mass is 10.1. The molecule has 0 aliphatic carbocycles. The molecule has 40 heavy (non-hydrogen) atoms. The van der Waals surface area contributed by atoms with Gasteiger partial charge in [-0.15, -0.1) is 0 Å². The second kappa shape index (κ2) is 12.2. The molecule has 13 heteroatoms. The van der Waals surface area contributed by atoms with Crippen molar-refractivity contribution in [1.29, 1.82) is 0 Å². The molecule has 1 unspecified atom stereocenters. The lowest BCUT2D eigenvalue weighted by Crippen LogP contribution is -2.44. The van der Waals surface area contributed by atoms with E-state index in [0.29, 0.717) is 21.3 Å². The number of halogens is 2. The number of pyridine rings is 1. The Hall–Kier alpha value is -3.74. The van der Waals surface area contributed by atoms with Crippen molar-refractivity contribution in [3.63, 3.8) is 0 Å². The van der Waals surface area contributed by atoms with Crippen LogP contribution in [-0.4, -0.2) is 34.7 Å². The molecule has 1 amide bonds. The number of carbonyl (C=O) groups is 1. The van der Waals surface area contributed by atoms with Gasteiger partial charge in [0.2, 0.25) is 21.9 Å². The van der Waals surface area contributed by atoms with Gasteiger partial charge in [-0.25, -0.2) is 18.2 Å². The highest BCUT2D eigenvalue weighted by Gasteiger charge is 2.21. The first kappa shape index (κ1) is 29.2. The third-order valence-corrected chi connectivity index (χ3v) is 7.55. The van der Waals surface area contributed by atoms with E-state index < -0.39 is 39.0 Å². The summed E-state index contributed by atoms with van der Waals surface area (Å²) in [6.45, 7) is 1.20. The quantitative estimate of drug-likeness (QED) is 0.290. The predicted octanol–water partition coefficient (Wildman–Crippen LogP) is 3.78. The van der Waals surface area contributed by atoms with Crippen LogP contribution in [0.2, 0.25) is 5.02 Å². The molecule has 0 bridgehead atoms. The Morgan fingerprint density at radius 1 is 1.05 bits per heavy atom. The zero-order valence-electron chi connectivity index (χ0n) is 21.4. The molecule has 0 aliphatic rings. The van der Waals surface area contributed by atoms with Crippen molar-refractivity contribution < 1.29 is 17.6 Å². The normalized spacial score (nSPS) is 12.2. The lowest BCUT2D eigenvalue weighted by molar-refractivity contribution is -0.123. The molecule has 208 valence electrons. The van der Waals surface area contributed by atoms with E-state index in [4.69, 9.17) is 11.6 Å². The van der Waals surface area contributed by atoms with E-state index >= 15 is 0 Å². The molecule has 2 heterocycles. The zero-order valence-corrected chi connectivity index (χ0v) is 23.8. The van der Waals surface area contributed by atoms with Crippen LogP contribution in [-0.2, 0) is 27.9 Å². The molecule has 9 nitrogen and oxygen atoms in total. The number of sulfonamides is 1. The van der Waals surface area contributed by atoms with Crippen molar-refractivity contribution in [2.24, 2.45) is 5.92 Å². The van der Waals surface area contributed by atoms with Crippen molar-refractivity contribution >= 4 is 39.3 Å². The van der Waals surface area contributed by atoms with Crippen LogP contribution in [0.5, 0.6) is 0 Å². The monoisotopic (exact) mass is 602 g/mol. The van der Waals surface area contributed by atoms with Crippen LogP contribution in [0.15, 0.2) is 92.3 Å². The average molecular weight is 603 g/mol. The number of benzene rings is 2. The fourth-order valence-electron chi connectivity index (χ4n) is 3.85. The van der Waals surface area contributed by atoms with Crippen LogP contribution in [0.25, 0.3) is 11.3 Å². The Morgan fingerprint density at radius 2 is 1.73 bits per heavy atom. The maximum atomic E-state index is 13.6. The SMILES string of the molecule is CC(Cn1c(=O)cc(-c2ccc(Sc3cccc(F)n3)cc2)n(Cc2ccc(Cl)cc2)c1=O)C(=O)NS(C)(=O)=O. The van der Waals surface area contributed by atoms with Gasteiger partial charge in [0.1, 0.15) is 5.03 Å². The maximum absolute atomic E-state index is 13.6. The van der Waals surface area contributed by atoms with Gasteiger partial charge in [-0.1, -0.05) is 60.6 Å². The van der Waals surface area contributed by atoms with Gasteiger partial charge in [0.05, 0.1) is 24.4 Å². The Morgan fingerprint density at radius 3 is 2.35 bits per heavy atom.